The summed E-state index contributed by atoms with van der Waals surface area (Å²) in [7, 11) is 0. The van der Waals surface area contributed by atoms with Crippen LogP contribution in [-0.2, 0) is 5.88 Å². The van der Waals surface area contributed by atoms with Crippen LogP contribution in [0.1, 0.15) is 21.5 Å². The molecule has 72 valence electrons. The van der Waals surface area contributed by atoms with Crippen LogP contribution >= 0.6 is 11.6 Å². The first-order chi connectivity index (χ1) is 6.61. The molecule has 1 rings (SSSR count). The minimum absolute atomic E-state index is 0.00216. The molecule has 14 heavy (non-hydrogen) atoms. The van der Waals surface area contributed by atoms with Gasteiger partial charge in [0.1, 0.15) is 17.4 Å². The molecule has 0 heterocycles. The van der Waals surface area contributed by atoms with E-state index in [0.717, 1.165) is 0 Å². The molecule has 0 unspecified atom stereocenters. The van der Waals surface area contributed by atoms with Crippen molar-refractivity contribution in [3.63, 3.8) is 0 Å². The molecule has 0 saturated carbocycles. The molecule has 0 aliphatic rings. The summed E-state index contributed by atoms with van der Waals surface area (Å²) in [6.07, 6.45) is 0. The van der Waals surface area contributed by atoms with Gasteiger partial charge in [-0.05, 0) is 6.07 Å². The summed E-state index contributed by atoms with van der Waals surface area (Å²) < 4.78 is 0. The zero-order valence-corrected chi connectivity index (χ0v) is 7.75. The number of carbonyl (C=O) groups is 1. The Bertz CT molecular complexity index is 423. The molecule has 4 nitrogen and oxygen atoms in total. The molecule has 0 amide bonds. The van der Waals surface area contributed by atoms with Crippen LogP contribution in [0.5, 0.6) is 5.75 Å². The number of aromatic hydroxyl groups is 1. The van der Waals surface area contributed by atoms with Gasteiger partial charge in [0.05, 0.1) is 11.4 Å². The molecule has 1 aromatic rings. The lowest BCUT2D eigenvalue weighted by Crippen LogP contribution is -2.02. The van der Waals surface area contributed by atoms with E-state index >= 15 is 0 Å². The second kappa shape index (κ2) is 3.99. The number of hydrogen-bond acceptors (Lipinski definition) is 3. The predicted octanol–water partition coefficient (Wildman–Crippen LogP) is 1.70. The molecule has 0 saturated heterocycles. The molecule has 0 aliphatic carbocycles. The predicted molar refractivity (Wildman–Crippen MR) is 49.3 cm³/mol. The number of hydrogen-bond donors (Lipinski definition) is 2. The van der Waals surface area contributed by atoms with Gasteiger partial charge in [-0.1, -0.05) is 6.07 Å². The van der Waals surface area contributed by atoms with Gasteiger partial charge in [0.25, 0.3) is 0 Å². The van der Waals surface area contributed by atoms with Gasteiger partial charge < -0.3 is 10.2 Å². The van der Waals surface area contributed by atoms with E-state index in [9.17, 15) is 9.90 Å². The van der Waals surface area contributed by atoms with Crippen molar-refractivity contribution in [1.82, 2.24) is 0 Å². The van der Waals surface area contributed by atoms with Crippen molar-refractivity contribution in [2.75, 3.05) is 0 Å². The average Bonchev–Trinajstić information content (AvgIpc) is 2.16. The van der Waals surface area contributed by atoms with Gasteiger partial charge in [-0.2, -0.15) is 5.26 Å². The van der Waals surface area contributed by atoms with Crippen molar-refractivity contribution in [2.24, 2.45) is 0 Å². The number of carboxylic acids is 1. The molecule has 5 heteroatoms. The lowest BCUT2D eigenvalue weighted by atomic mass is 10.0. The minimum atomic E-state index is -1.34. The smallest absolute Gasteiger partial charge is 0.340 e. The quantitative estimate of drug-likeness (QED) is 0.730. The standard InChI is InChI=1S/C9H6ClNO3/c10-3-5-1-2-6(4-11)7(8(5)12)9(13)14/h1-2,12H,3H2,(H,13,14). The van der Waals surface area contributed by atoms with E-state index in [1.54, 1.807) is 6.07 Å². The van der Waals surface area contributed by atoms with Crippen molar-refractivity contribution in [1.29, 1.82) is 5.26 Å². The normalized spacial score (nSPS) is 9.43. The number of nitrogens with zero attached hydrogens (tertiary/aromatic N) is 1. The summed E-state index contributed by atoms with van der Waals surface area (Å²) in [4.78, 5) is 10.7. The van der Waals surface area contributed by atoms with Gasteiger partial charge >= 0.3 is 5.97 Å². The number of benzene rings is 1. The maximum Gasteiger partial charge on any atom is 0.340 e. The van der Waals surface area contributed by atoms with E-state index in [4.69, 9.17) is 22.0 Å². The molecule has 2 N–H and O–H groups in total. The van der Waals surface area contributed by atoms with Gasteiger partial charge in [-0.15, -0.1) is 11.6 Å². The average molecular weight is 212 g/mol. The Morgan fingerprint density at radius 2 is 2.21 bits per heavy atom. The zero-order chi connectivity index (χ0) is 10.7. The second-order valence-corrected chi connectivity index (χ2v) is 2.81. The lowest BCUT2D eigenvalue weighted by molar-refractivity contribution is 0.0693. The molecule has 0 bridgehead atoms. The molecule has 0 atom stereocenters. The van der Waals surface area contributed by atoms with Crippen LogP contribution in [0.2, 0.25) is 0 Å². The number of phenols is 1. The van der Waals surface area contributed by atoms with Crippen LogP contribution in [-0.4, -0.2) is 16.2 Å². The summed E-state index contributed by atoms with van der Waals surface area (Å²) in [5.41, 5.74) is -0.183. The van der Waals surface area contributed by atoms with Crippen LogP contribution in [0.25, 0.3) is 0 Å². The molecular weight excluding hydrogens is 206 g/mol. The first-order valence-corrected chi connectivity index (χ1v) is 4.19. The third-order valence-electron chi connectivity index (χ3n) is 1.74. The second-order valence-electron chi connectivity index (χ2n) is 2.55. The highest BCUT2D eigenvalue weighted by Gasteiger charge is 2.17. The van der Waals surface area contributed by atoms with E-state index in [-0.39, 0.29) is 11.4 Å². The largest absolute Gasteiger partial charge is 0.507 e. The van der Waals surface area contributed by atoms with Crippen LogP contribution in [0.4, 0.5) is 0 Å². The molecule has 0 radical (unpaired) electrons. The molecule has 0 fully saturated rings. The Morgan fingerprint density at radius 3 is 2.64 bits per heavy atom. The Hall–Kier alpha value is -1.73. The van der Waals surface area contributed by atoms with E-state index in [1.165, 1.54) is 12.1 Å². The Labute approximate surface area is 85.0 Å². The highest BCUT2D eigenvalue weighted by atomic mass is 35.5. The van der Waals surface area contributed by atoms with E-state index in [1.807, 2.05) is 0 Å². The summed E-state index contributed by atoms with van der Waals surface area (Å²) in [6.45, 7) is 0. The first-order valence-electron chi connectivity index (χ1n) is 3.66. The van der Waals surface area contributed by atoms with Gasteiger partial charge in [0.2, 0.25) is 0 Å². The first kappa shape index (κ1) is 10.4. The summed E-state index contributed by atoms with van der Waals surface area (Å²) in [5.74, 6) is -1.78. The Kier molecular flexibility index (Phi) is 2.95. The monoisotopic (exact) mass is 211 g/mol. The van der Waals surface area contributed by atoms with Gasteiger partial charge in [-0.3, -0.25) is 0 Å². The third kappa shape index (κ3) is 1.63. The van der Waals surface area contributed by atoms with Crippen LogP contribution in [0.3, 0.4) is 0 Å². The van der Waals surface area contributed by atoms with E-state index in [2.05, 4.69) is 0 Å². The maximum absolute atomic E-state index is 10.7. The number of aromatic carboxylic acids is 1. The SMILES string of the molecule is N#Cc1ccc(CCl)c(O)c1C(=O)O. The Balaban J connectivity index is 3.49. The van der Waals surface area contributed by atoms with Crippen molar-refractivity contribution < 1.29 is 15.0 Å². The minimum Gasteiger partial charge on any atom is -0.507 e. The highest BCUT2D eigenvalue weighted by molar-refractivity contribution is 6.17. The topological polar surface area (TPSA) is 81.3 Å². The van der Waals surface area contributed by atoms with E-state index in [0.29, 0.717) is 5.56 Å². The van der Waals surface area contributed by atoms with Crippen molar-refractivity contribution in [2.45, 2.75) is 5.88 Å². The molecular formula is C9H6ClNO3. The summed E-state index contributed by atoms with van der Waals surface area (Å²) in [6, 6.07) is 4.43. The van der Waals surface area contributed by atoms with Crippen LogP contribution in [0.15, 0.2) is 12.1 Å². The van der Waals surface area contributed by atoms with Crippen LogP contribution < -0.4 is 0 Å². The number of halogens is 1. The van der Waals surface area contributed by atoms with Crippen LogP contribution in [0, 0.1) is 11.3 Å². The summed E-state index contributed by atoms with van der Waals surface area (Å²) in [5, 5.41) is 26.8. The van der Waals surface area contributed by atoms with Crippen molar-refractivity contribution in [3.05, 3.63) is 28.8 Å². The molecule has 0 spiro atoms. The summed E-state index contributed by atoms with van der Waals surface area (Å²) >= 11 is 5.47. The van der Waals surface area contributed by atoms with Gasteiger partial charge in [-0.25, -0.2) is 4.79 Å². The van der Waals surface area contributed by atoms with Crippen molar-refractivity contribution >= 4 is 17.6 Å². The zero-order valence-electron chi connectivity index (χ0n) is 6.99. The van der Waals surface area contributed by atoms with Gasteiger partial charge in [0, 0.05) is 5.56 Å². The Morgan fingerprint density at radius 1 is 1.57 bits per heavy atom. The van der Waals surface area contributed by atoms with Crippen molar-refractivity contribution in [3.8, 4) is 11.8 Å². The van der Waals surface area contributed by atoms with E-state index < -0.39 is 17.3 Å². The lowest BCUT2D eigenvalue weighted by Gasteiger charge is -2.05. The number of carboxylic acid groups (broad SMARTS) is 1. The molecule has 0 aromatic heterocycles. The van der Waals surface area contributed by atoms with Gasteiger partial charge in [0.15, 0.2) is 0 Å². The fourth-order valence-electron chi connectivity index (χ4n) is 1.05. The highest BCUT2D eigenvalue weighted by Crippen LogP contribution is 2.26. The molecule has 1 aromatic carbocycles. The number of rotatable bonds is 2. The fraction of sp³-hybridized carbons (Fsp3) is 0.111. The maximum atomic E-state index is 10.7. The number of nitriles is 1. The number of alkyl halides is 1. The molecule has 0 aliphatic heterocycles. The third-order valence-corrected chi connectivity index (χ3v) is 2.03. The fourth-order valence-corrected chi connectivity index (χ4v) is 1.27.